The fourth-order valence-corrected chi connectivity index (χ4v) is 3.07. The Bertz CT molecular complexity index is 412. The van der Waals surface area contributed by atoms with E-state index in [1.807, 2.05) is 44.2 Å². The Balaban J connectivity index is 0.000000686. The normalized spacial score (nSPS) is 9.35. The molecule has 2 aromatic rings. The van der Waals surface area contributed by atoms with Crippen molar-refractivity contribution in [3.63, 3.8) is 0 Å². The zero-order valence-electron chi connectivity index (χ0n) is 10.6. The predicted octanol–water partition coefficient (Wildman–Crippen LogP) is 3.26. The third-order valence-electron chi connectivity index (χ3n) is 1.96. The Morgan fingerprint density at radius 3 is 2.47 bits per heavy atom. The first-order valence-corrected chi connectivity index (χ1v) is 7.74. The van der Waals surface area contributed by atoms with E-state index in [4.69, 9.17) is 0 Å². The molecule has 1 aromatic carbocycles. The molecule has 0 saturated heterocycles. The van der Waals surface area contributed by atoms with Crippen LogP contribution in [0.15, 0.2) is 30.3 Å². The third-order valence-corrected chi connectivity index (χ3v) is 3.84. The molecule has 92 valence electrons. The summed E-state index contributed by atoms with van der Waals surface area (Å²) in [5.74, 6) is 0. The zero-order chi connectivity index (χ0) is 12.5. The zero-order valence-corrected chi connectivity index (χ0v) is 12.3. The number of nitrogens with zero attached hydrogens (tertiary/aromatic N) is 2. The number of aromatic nitrogens is 2. The monoisotopic (exact) mass is 297 g/mol. The number of nitrogens with one attached hydrogen (secondary N) is 1. The molecule has 0 radical (unpaired) electrons. The van der Waals surface area contributed by atoms with Gasteiger partial charge in [-0.1, -0.05) is 13.8 Å². The van der Waals surface area contributed by atoms with Gasteiger partial charge in [0.15, 0.2) is 0 Å². The van der Waals surface area contributed by atoms with Gasteiger partial charge in [-0.2, -0.15) is 0 Å². The fourth-order valence-electron chi connectivity index (χ4n) is 1.26. The molecule has 0 aliphatic carbocycles. The Morgan fingerprint density at radius 1 is 1.12 bits per heavy atom. The van der Waals surface area contributed by atoms with Crippen molar-refractivity contribution in [2.24, 2.45) is 0 Å². The Labute approximate surface area is 109 Å². The number of aryl methyl sites for hydroxylation is 1. The molecule has 1 N–H and O–H groups in total. The van der Waals surface area contributed by atoms with Gasteiger partial charge in [-0.3, -0.25) is 0 Å². The first-order valence-electron chi connectivity index (χ1n) is 6.03. The Kier molecular flexibility index (Phi) is 6.60. The van der Waals surface area contributed by atoms with Crippen LogP contribution in [0.5, 0.6) is 0 Å². The molecular weight excluding hydrogens is 277 g/mol. The van der Waals surface area contributed by atoms with E-state index in [0.717, 1.165) is 23.2 Å². The van der Waals surface area contributed by atoms with Gasteiger partial charge in [0.05, 0.1) is 0 Å². The summed E-state index contributed by atoms with van der Waals surface area (Å²) in [5.41, 5.74) is 1.09. The van der Waals surface area contributed by atoms with Crippen molar-refractivity contribution in [2.45, 2.75) is 33.6 Å². The predicted molar refractivity (Wildman–Crippen MR) is 74.0 cm³/mol. The van der Waals surface area contributed by atoms with Gasteiger partial charge < -0.3 is 0 Å². The summed E-state index contributed by atoms with van der Waals surface area (Å²) in [6.07, 6.45) is 2.22. The second-order valence-electron chi connectivity index (χ2n) is 3.24. The topological polar surface area (TPSA) is 37.8 Å². The summed E-state index contributed by atoms with van der Waals surface area (Å²) in [4.78, 5) is 0. The molecule has 0 fully saturated rings. The van der Waals surface area contributed by atoms with E-state index in [-0.39, 0.29) is 0 Å². The van der Waals surface area contributed by atoms with Crippen LogP contribution in [0, 0.1) is 0 Å². The van der Waals surface area contributed by atoms with Crippen molar-refractivity contribution in [3.05, 3.63) is 34.9 Å². The van der Waals surface area contributed by atoms with Crippen molar-refractivity contribution in [2.75, 3.05) is 5.32 Å². The van der Waals surface area contributed by atoms with Crippen LogP contribution in [0.3, 0.4) is 0 Å². The van der Waals surface area contributed by atoms with Crippen molar-refractivity contribution >= 4 is 24.9 Å². The van der Waals surface area contributed by atoms with Crippen molar-refractivity contribution < 1.29 is 0 Å². The van der Waals surface area contributed by atoms with Gasteiger partial charge in [-0.25, -0.2) is 0 Å². The average molecular weight is 296 g/mol. The van der Waals surface area contributed by atoms with E-state index < -0.39 is 0 Å². The maximum atomic E-state index is 4.17. The summed E-state index contributed by atoms with van der Waals surface area (Å²) in [7, 11) is 0. The third kappa shape index (κ3) is 4.72. The second-order valence-corrected chi connectivity index (χ2v) is 5.47. The molecule has 0 unspecified atom stereocenters. The Hall–Kier alpha value is -1.12. The molecular formula is C13H19N3Se. The van der Waals surface area contributed by atoms with E-state index in [9.17, 15) is 0 Å². The molecule has 2 rings (SSSR count). The quantitative estimate of drug-likeness (QED) is 0.880. The number of para-hydroxylation sites is 1. The van der Waals surface area contributed by atoms with E-state index in [2.05, 4.69) is 22.4 Å². The molecule has 0 aliphatic rings. The van der Waals surface area contributed by atoms with Gasteiger partial charge in [0.1, 0.15) is 0 Å². The van der Waals surface area contributed by atoms with Crippen LogP contribution in [-0.2, 0) is 6.42 Å². The van der Waals surface area contributed by atoms with Crippen LogP contribution in [0.2, 0.25) is 0 Å². The first kappa shape index (κ1) is 13.9. The molecule has 0 atom stereocenters. The minimum absolute atomic E-state index is 0.297. The average Bonchev–Trinajstić information content (AvgIpc) is 2.81. The van der Waals surface area contributed by atoms with Gasteiger partial charge in [-0.05, 0) is 0 Å². The van der Waals surface area contributed by atoms with Crippen molar-refractivity contribution in [3.8, 4) is 0 Å². The van der Waals surface area contributed by atoms with E-state index in [0.29, 0.717) is 14.5 Å². The number of rotatable bonds is 4. The summed E-state index contributed by atoms with van der Waals surface area (Å²) in [6.45, 7) is 6.17. The van der Waals surface area contributed by atoms with Crippen molar-refractivity contribution in [1.29, 1.82) is 0 Å². The number of hydrogen-bond donors (Lipinski definition) is 1. The Morgan fingerprint density at radius 2 is 1.82 bits per heavy atom. The SMILES string of the molecule is CC.CCCc1nnc(Nc2ccccc2)[se]1. The standard InChI is InChI=1S/C11H13N3Se.C2H6/c1-2-6-10-13-14-11(15-10)12-9-7-4-3-5-8-9;1-2/h3-5,7-8H,2,6H2,1H3,(H,12,14);1-2H3. The number of anilines is 2. The molecule has 1 aromatic heterocycles. The molecule has 0 aliphatic heterocycles. The van der Waals surface area contributed by atoms with Gasteiger partial charge >= 0.3 is 95.1 Å². The van der Waals surface area contributed by atoms with Gasteiger partial charge in [0, 0.05) is 0 Å². The van der Waals surface area contributed by atoms with E-state index in [1.54, 1.807) is 0 Å². The number of benzene rings is 1. The number of hydrogen-bond acceptors (Lipinski definition) is 3. The van der Waals surface area contributed by atoms with Crippen LogP contribution in [0.25, 0.3) is 0 Å². The van der Waals surface area contributed by atoms with Gasteiger partial charge in [-0.15, -0.1) is 0 Å². The summed E-state index contributed by atoms with van der Waals surface area (Å²) < 4.78 is 2.25. The van der Waals surface area contributed by atoms with Crippen LogP contribution >= 0.6 is 0 Å². The molecule has 0 amide bonds. The van der Waals surface area contributed by atoms with Gasteiger partial charge in [0.2, 0.25) is 0 Å². The van der Waals surface area contributed by atoms with E-state index in [1.165, 1.54) is 4.57 Å². The van der Waals surface area contributed by atoms with Crippen LogP contribution < -0.4 is 5.32 Å². The molecule has 0 spiro atoms. The van der Waals surface area contributed by atoms with Crippen LogP contribution in [0.4, 0.5) is 10.4 Å². The molecule has 17 heavy (non-hydrogen) atoms. The fraction of sp³-hybridized carbons (Fsp3) is 0.385. The summed E-state index contributed by atoms with van der Waals surface area (Å²) in [5, 5.41) is 11.6. The molecule has 0 saturated carbocycles. The maximum absolute atomic E-state index is 4.17. The summed E-state index contributed by atoms with van der Waals surface area (Å²) in [6, 6.07) is 10.1. The second kappa shape index (κ2) is 8.04. The van der Waals surface area contributed by atoms with E-state index >= 15 is 0 Å². The molecule has 1 heterocycles. The molecule has 3 nitrogen and oxygen atoms in total. The van der Waals surface area contributed by atoms with Crippen LogP contribution in [-0.4, -0.2) is 24.7 Å². The summed E-state index contributed by atoms with van der Waals surface area (Å²) >= 11 is 0.297. The van der Waals surface area contributed by atoms with Crippen molar-refractivity contribution in [1.82, 2.24) is 10.2 Å². The molecule has 4 heteroatoms. The van der Waals surface area contributed by atoms with Crippen LogP contribution in [0.1, 0.15) is 31.8 Å². The minimum atomic E-state index is 0.297. The molecule has 0 bridgehead atoms. The van der Waals surface area contributed by atoms with Gasteiger partial charge in [0.25, 0.3) is 0 Å². The first-order chi connectivity index (χ1) is 8.38.